The van der Waals surface area contributed by atoms with Gasteiger partial charge in [0, 0.05) is 23.9 Å². The molecule has 2 aliphatic rings. The van der Waals surface area contributed by atoms with E-state index in [1.165, 1.54) is 4.90 Å². The third-order valence-corrected chi connectivity index (χ3v) is 7.19. The number of hydrogen-bond donors (Lipinski definition) is 1. The quantitative estimate of drug-likeness (QED) is 0.214. The maximum absolute atomic E-state index is 13.6. The minimum atomic E-state index is -0.802. The van der Waals surface area contributed by atoms with Gasteiger partial charge in [-0.05, 0) is 87.9 Å². The molecular formula is C29H34ClN3O7S. The van der Waals surface area contributed by atoms with Crippen molar-refractivity contribution in [3.05, 3.63) is 59.1 Å². The van der Waals surface area contributed by atoms with Gasteiger partial charge in [0.05, 0.1) is 37.5 Å². The number of nitrogens with one attached hydrogen (secondary N) is 1. The molecule has 0 spiro atoms. The first kappa shape index (κ1) is 30.9. The summed E-state index contributed by atoms with van der Waals surface area (Å²) in [5.41, 5.74) is 1.44. The van der Waals surface area contributed by atoms with Crippen molar-refractivity contribution in [2.75, 3.05) is 43.2 Å². The lowest BCUT2D eigenvalue weighted by Crippen LogP contribution is -2.39. The fourth-order valence-electron chi connectivity index (χ4n) is 4.60. The van der Waals surface area contributed by atoms with E-state index >= 15 is 0 Å². The van der Waals surface area contributed by atoms with Crippen molar-refractivity contribution in [3.8, 4) is 0 Å². The Morgan fingerprint density at radius 3 is 2.49 bits per heavy atom. The molecule has 2 amide bonds. The molecular weight excluding hydrogens is 570 g/mol. The molecule has 0 bridgehead atoms. The summed E-state index contributed by atoms with van der Waals surface area (Å²) in [5.74, 6) is -1.72. The lowest BCUT2D eigenvalue weighted by atomic mass is 10.1. The Bertz CT molecular complexity index is 1260. The molecule has 0 saturated carbocycles. The highest BCUT2D eigenvalue weighted by atomic mass is 35.5. The van der Waals surface area contributed by atoms with Crippen LogP contribution >= 0.6 is 23.8 Å². The normalized spacial score (nSPS) is 20.0. The van der Waals surface area contributed by atoms with Crippen molar-refractivity contribution in [2.45, 2.75) is 51.5 Å². The predicted molar refractivity (Wildman–Crippen MR) is 158 cm³/mol. The zero-order valence-electron chi connectivity index (χ0n) is 23.3. The van der Waals surface area contributed by atoms with Gasteiger partial charge in [0.2, 0.25) is 5.91 Å². The second-order valence-corrected chi connectivity index (χ2v) is 10.9. The van der Waals surface area contributed by atoms with Crippen molar-refractivity contribution in [2.24, 2.45) is 0 Å². The number of nitrogens with zero attached hydrogens (tertiary/aromatic N) is 2. The van der Waals surface area contributed by atoms with Crippen LogP contribution in [0.2, 0.25) is 5.02 Å². The molecule has 0 aromatic heterocycles. The summed E-state index contributed by atoms with van der Waals surface area (Å²) < 4.78 is 22.1. The molecule has 2 heterocycles. The monoisotopic (exact) mass is 603 g/mol. The number of benzene rings is 2. The van der Waals surface area contributed by atoms with Crippen LogP contribution in [0.4, 0.5) is 11.4 Å². The van der Waals surface area contributed by atoms with Gasteiger partial charge in [-0.2, -0.15) is 0 Å². The number of anilines is 2. The van der Waals surface area contributed by atoms with Gasteiger partial charge < -0.3 is 29.2 Å². The van der Waals surface area contributed by atoms with Crippen molar-refractivity contribution >= 4 is 58.1 Å². The molecule has 2 atom stereocenters. The van der Waals surface area contributed by atoms with E-state index in [9.17, 15) is 14.4 Å². The molecule has 2 aliphatic heterocycles. The second kappa shape index (κ2) is 13.7. The standard InChI is InChI=1S/C29H34ClN3O7S/c1-4-38-27(36)19-6-10-21(11-7-19)31-25(34)16-24-26(35)33(22-12-8-20(30)9-13-22)28(41)32(24)14-5-15-37-17-23-18-39-29(2,3)40-23/h6-13,23-24H,4-5,14-18H2,1-3H3,(H,31,34)/t23-,24-/m1/s1. The minimum Gasteiger partial charge on any atom is -0.462 e. The number of carbonyl (C=O) groups excluding carboxylic acids is 3. The van der Waals surface area contributed by atoms with Gasteiger partial charge in [-0.15, -0.1) is 0 Å². The highest BCUT2D eigenvalue weighted by Gasteiger charge is 2.44. The third-order valence-electron chi connectivity index (χ3n) is 6.52. The first-order chi connectivity index (χ1) is 19.6. The summed E-state index contributed by atoms with van der Waals surface area (Å²) in [6.45, 7) is 7.41. The highest BCUT2D eigenvalue weighted by molar-refractivity contribution is 7.80. The summed E-state index contributed by atoms with van der Waals surface area (Å²) in [4.78, 5) is 41.7. The Balaban J connectivity index is 1.39. The molecule has 0 unspecified atom stereocenters. The second-order valence-electron chi connectivity index (χ2n) is 10.1. The lowest BCUT2D eigenvalue weighted by Gasteiger charge is -2.24. The molecule has 10 nitrogen and oxygen atoms in total. The number of carbonyl (C=O) groups is 3. The smallest absolute Gasteiger partial charge is 0.338 e. The van der Waals surface area contributed by atoms with E-state index in [0.29, 0.717) is 59.9 Å². The van der Waals surface area contributed by atoms with Crippen LogP contribution in [0, 0.1) is 0 Å². The molecule has 2 aromatic rings. The molecule has 41 heavy (non-hydrogen) atoms. The molecule has 220 valence electrons. The van der Waals surface area contributed by atoms with Gasteiger partial charge >= 0.3 is 5.97 Å². The van der Waals surface area contributed by atoms with Crippen LogP contribution in [0.25, 0.3) is 0 Å². The van der Waals surface area contributed by atoms with E-state index in [1.54, 1.807) is 60.4 Å². The van der Waals surface area contributed by atoms with Crippen LogP contribution in [0.3, 0.4) is 0 Å². The van der Waals surface area contributed by atoms with E-state index in [1.807, 2.05) is 13.8 Å². The number of rotatable bonds is 12. The lowest BCUT2D eigenvalue weighted by molar-refractivity contribution is -0.145. The summed E-state index contributed by atoms with van der Waals surface area (Å²) in [6, 6.07) is 12.4. The van der Waals surface area contributed by atoms with Crippen molar-refractivity contribution in [3.63, 3.8) is 0 Å². The fraction of sp³-hybridized carbons (Fsp3) is 0.448. The summed E-state index contributed by atoms with van der Waals surface area (Å²) in [7, 11) is 0. The summed E-state index contributed by atoms with van der Waals surface area (Å²) in [5, 5.41) is 3.64. The number of thiocarbonyl (C=S) groups is 1. The molecule has 2 fully saturated rings. The van der Waals surface area contributed by atoms with Crippen LogP contribution in [-0.4, -0.2) is 78.7 Å². The van der Waals surface area contributed by atoms with E-state index in [2.05, 4.69) is 5.32 Å². The predicted octanol–water partition coefficient (Wildman–Crippen LogP) is 4.41. The third kappa shape index (κ3) is 8.02. The fourth-order valence-corrected chi connectivity index (χ4v) is 5.14. The topological polar surface area (TPSA) is 107 Å². The Morgan fingerprint density at radius 1 is 1.15 bits per heavy atom. The highest BCUT2D eigenvalue weighted by Crippen LogP contribution is 2.29. The number of halogens is 1. The molecule has 1 N–H and O–H groups in total. The Hall–Kier alpha value is -3.09. The molecule has 0 radical (unpaired) electrons. The van der Waals surface area contributed by atoms with Gasteiger partial charge in [0.15, 0.2) is 10.9 Å². The average Bonchev–Trinajstić information content (AvgIpc) is 3.39. The molecule has 0 aliphatic carbocycles. The van der Waals surface area contributed by atoms with Crippen molar-refractivity contribution in [1.82, 2.24) is 4.90 Å². The van der Waals surface area contributed by atoms with Crippen LogP contribution in [0.15, 0.2) is 48.5 Å². The van der Waals surface area contributed by atoms with Crippen LogP contribution < -0.4 is 10.2 Å². The van der Waals surface area contributed by atoms with Gasteiger partial charge in [0.25, 0.3) is 5.91 Å². The van der Waals surface area contributed by atoms with E-state index < -0.39 is 17.8 Å². The van der Waals surface area contributed by atoms with E-state index in [-0.39, 0.29) is 30.9 Å². The maximum atomic E-state index is 13.6. The molecule has 2 saturated heterocycles. The van der Waals surface area contributed by atoms with Gasteiger partial charge in [-0.25, -0.2) is 4.79 Å². The summed E-state index contributed by atoms with van der Waals surface area (Å²) in [6.07, 6.45) is 0.320. The molecule has 12 heteroatoms. The van der Waals surface area contributed by atoms with Crippen molar-refractivity contribution < 1.29 is 33.3 Å². The van der Waals surface area contributed by atoms with Crippen LogP contribution in [0.5, 0.6) is 0 Å². The average molecular weight is 604 g/mol. The number of esters is 1. The van der Waals surface area contributed by atoms with Gasteiger partial charge in [-0.1, -0.05) is 11.6 Å². The van der Waals surface area contributed by atoms with Crippen molar-refractivity contribution in [1.29, 1.82) is 0 Å². The molecule has 2 aromatic carbocycles. The minimum absolute atomic E-state index is 0.119. The Morgan fingerprint density at radius 2 is 1.85 bits per heavy atom. The zero-order valence-corrected chi connectivity index (χ0v) is 24.8. The van der Waals surface area contributed by atoms with Crippen LogP contribution in [-0.2, 0) is 28.5 Å². The number of ether oxygens (including phenoxy) is 4. The Kier molecular flexibility index (Phi) is 10.3. The zero-order chi connectivity index (χ0) is 29.6. The summed E-state index contributed by atoms with van der Waals surface area (Å²) >= 11 is 11.8. The van der Waals surface area contributed by atoms with Crippen LogP contribution in [0.1, 0.15) is 44.0 Å². The van der Waals surface area contributed by atoms with Gasteiger partial charge in [-0.3, -0.25) is 14.5 Å². The van der Waals surface area contributed by atoms with E-state index in [4.69, 9.17) is 42.8 Å². The first-order valence-electron chi connectivity index (χ1n) is 13.4. The first-order valence-corrected chi connectivity index (χ1v) is 14.2. The van der Waals surface area contributed by atoms with Gasteiger partial charge in [0.1, 0.15) is 12.1 Å². The number of hydrogen-bond acceptors (Lipinski definition) is 8. The Labute approximate surface area is 249 Å². The number of amides is 2. The SMILES string of the molecule is CCOC(=O)c1ccc(NC(=O)C[C@@H]2C(=O)N(c3ccc(Cl)cc3)C(=S)N2CCCOC[C@@H]2COC(C)(C)O2)cc1. The maximum Gasteiger partial charge on any atom is 0.338 e. The van der Waals surface area contributed by atoms with E-state index in [0.717, 1.165) is 0 Å². The molecule has 4 rings (SSSR count). The largest absolute Gasteiger partial charge is 0.462 e.